The molecule has 0 amide bonds. The van der Waals surface area contributed by atoms with Crippen molar-refractivity contribution >= 4 is 21.5 Å². The maximum atomic E-state index is 11.7. The molecule has 2 aromatic carbocycles. The molecule has 7 heteroatoms. The maximum Gasteiger partial charge on any atom is 0.238 e. The number of nitrogens with one attached hydrogen (secondary N) is 1. The van der Waals surface area contributed by atoms with Crippen molar-refractivity contribution in [3.05, 3.63) is 59.2 Å². The smallest absolute Gasteiger partial charge is 0.238 e. The van der Waals surface area contributed by atoms with Crippen molar-refractivity contribution in [2.24, 2.45) is 11.1 Å². The number of rotatable bonds is 3. The molecular weight excluding hydrogens is 352 g/mol. The van der Waals surface area contributed by atoms with Gasteiger partial charge in [-0.15, -0.1) is 0 Å². The lowest BCUT2D eigenvalue weighted by Gasteiger charge is -2.36. The van der Waals surface area contributed by atoms with Crippen LogP contribution in [0, 0.1) is 5.92 Å². The molecule has 2 aliphatic heterocycles. The Morgan fingerprint density at radius 3 is 2.58 bits per heavy atom. The fraction of sp³-hybridized carbons (Fsp3) is 0.316. The largest absolute Gasteiger partial charge is 0.378 e. The lowest BCUT2D eigenvalue weighted by atomic mass is 9.81. The number of ether oxygens (including phenoxy) is 1. The van der Waals surface area contributed by atoms with Gasteiger partial charge in [-0.2, -0.15) is 0 Å². The Morgan fingerprint density at radius 1 is 1.19 bits per heavy atom. The third-order valence-corrected chi connectivity index (χ3v) is 6.12. The molecule has 2 heterocycles. The highest BCUT2D eigenvalue weighted by Gasteiger charge is 2.41. The van der Waals surface area contributed by atoms with Crippen LogP contribution in [0.3, 0.4) is 0 Å². The molecule has 26 heavy (non-hydrogen) atoms. The molecule has 1 fully saturated rings. The van der Waals surface area contributed by atoms with E-state index in [4.69, 9.17) is 9.88 Å². The van der Waals surface area contributed by atoms with Crippen molar-refractivity contribution in [1.82, 2.24) is 0 Å². The van der Waals surface area contributed by atoms with Crippen LogP contribution in [-0.2, 0) is 14.8 Å². The molecule has 4 rings (SSSR count). The summed E-state index contributed by atoms with van der Waals surface area (Å²) in [6.45, 7) is 2.17. The fourth-order valence-electron chi connectivity index (χ4n) is 3.88. The van der Waals surface area contributed by atoms with Crippen LogP contribution in [0.2, 0.25) is 0 Å². The van der Waals surface area contributed by atoms with Gasteiger partial charge in [0.1, 0.15) is 0 Å². The fourth-order valence-corrected chi connectivity index (χ4v) is 4.43. The molecule has 1 saturated heterocycles. The van der Waals surface area contributed by atoms with Gasteiger partial charge in [0.25, 0.3) is 0 Å². The first-order valence-electron chi connectivity index (χ1n) is 8.50. The van der Waals surface area contributed by atoms with Gasteiger partial charge in [0.2, 0.25) is 10.0 Å². The highest BCUT2D eigenvalue weighted by atomic mass is 32.2. The Morgan fingerprint density at radius 2 is 1.92 bits per heavy atom. The second kappa shape index (κ2) is 6.19. The number of primary sulfonamides is 1. The number of fused-ring (bicyclic) bond motifs is 3. The number of sulfonamides is 1. The van der Waals surface area contributed by atoms with E-state index >= 15 is 0 Å². The van der Waals surface area contributed by atoms with Crippen LogP contribution in [0.4, 0.5) is 5.69 Å². The first-order chi connectivity index (χ1) is 12.3. The summed E-state index contributed by atoms with van der Waals surface area (Å²) < 4.78 is 29.3. The van der Waals surface area contributed by atoms with Gasteiger partial charge < -0.3 is 10.1 Å². The number of carbonyl (C=O) groups excluding carboxylic acids is 1. The van der Waals surface area contributed by atoms with E-state index < -0.39 is 10.0 Å². The Hall–Kier alpha value is -2.22. The monoisotopic (exact) mass is 372 g/mol. The average molecular weight is 372 g/mol. The molecule has 0 aromatic heterocycles. The molecule has 6 nitrogen and oxygen atoms in total. The summed E-state index contributed by atoms with van der Waals surface area (Å²) in [5.74, 6) is 0.220. The summed E-state index contributed by atoms with van der Waals surface area (Å²) in [6, 6.07) is 12.5. The topological polar surface area (TPSA) is 98.5 Å². The first kappa shape index (κ1) is 17.2. The molecule has 0 radical (unpaired) electrons. The molecule has 0 saturated carbocycles. The van der Waals surface area contributed by atoms with Gasteiger partial charge in [-0.3, -0.25) is 4.79 Å². The van der Waals surface area contributed by atoms with Gasteiger partial charge in [0.15, 0.2) is 5.78 Å². The number of hydrogen-bond donors (Lipinski definition) is 2. The van der Waals surface area contributed by atoms with Crippen molar-refractivity contribution in [2.45, 2.75) is 30.4 Å². The van der Waals surface area contributed by atoms with Gasteiger partial charge in [0, 0.05) is 29.3 Å². The summed E-state index contributed by atoms with van der Waals surface area (Å²) in [6.07, 6.45) is 0.695. The van der Waals surface area contributed by atoms with E-state index in [-0.39, 0.29) is 28.7 Å². The lowest BCUT2D eigenvalue weighted by molar-refractivity contribution is 0.0827. The number of anilines is 1. The predicted octanol–water partition coefficient (Wildman–Crippen LogP) is 2.78. The van der Waals surface area contributed by atoms with Crippen LogP contribution < -0.4 is 10.5 Å². The molecule has 2 aliphatic rings. The highest BCUT2D eigenvalue weighted by molar-refractivity contribution is 7.89. The van der Waals surface area contributed by atoms with Gasteiger partial charge >= 0.3 is 0 Å². The molecule has 136 valence electrons. The summed E-state index contributed by atoms with van der Waals surface area (Å²) in [4.78, 5) is 11.6. The Balaban J connectivity index is 1.73. The zero-order chi connectivity index (χ0) is 18.5. The number of carbonyl (C=O) groups is 1. The van der Waals surface area contributed by atoms with Gasteiger partial charge in [-0.25, -0.2) is 13.6 Å². The van der Waals surface area contributed by atoms with E-state index in [1.54, 1.807) is 19.1 Å². The molecular formula is C19H20N2O4S. The molecule has 0 bridgehead atoms. The van der Waals surface area contributed by atoms with Crippen LogP contribution in [0.25, 0.3) is 0 Å². The molecule has 0 aliphatic carbocycles. The van der Waals surface area contributed by atoms with Crippen LogP contribution >= 0.6 is 0 Å². The van der Waals surface area contributed by atoms with E-state index in [2.05, 4.69) is 5.32 Å². The highest BCUT2D eigenvalue weighted by Crippen LogP contribution is 2.50. The summed E-state index contributed by atoms with van der Waals surface area (Å²) in [5, 5.41) is 8.78. The summed E-state index contributed by atoms with van der Waals surface area (Å²) in [7, 11) is -3.76. The molecule has 3 atom stereocenters. The Kier molecular flexibility index (Phi) is 4.10. The minimum atomic E-state index is -3.76. The van der Waals surface area contributed by atoms with Crippen LogP contribution in [-0.4, -0.2) is 20.8 Å². The molecule has 2 aromatic rings. The van der Waals surface area contributed by atoms with Gasteiger partial charge in [-0.1, -0.05) is 24.3 Å². The normalized spacial score (nSPS) is 24.5. The van der Waals surface area contributed by atoms with E-state index in [9.17, 15) is 13.2 Å². The molecule has 3 N–H and O–H groups in total. The SMILES string of the molecule is CC(=O)c1ccc(C2Nc3ccc(S(N)(=O)=O)cc3C3OCCC23)cc1. The van der Waals surface area contributed by atoms with Gasteiger partial charge in [-0.05, 0) is 37.1 Å². The van der Waals surface area contributed by atoms with Crippen molar-refractivity contribution in [1.29, 1.82) is 0 Å². The maximum absolute atomic E-state index is 11.7. The van der Waals surface area contributed by atoms with Crippen molar-refractivity contribution < 1.29 is 17.9 Å². The molecule has 0 spiro atoms. The molecule has 3 unspecified atom stereocenters. The first-order valence-corrected chi connectivity index (χ1v) is 10.0. The van der Waals surface area contributed by atoms with Crippen LogP contribution in [0.5, 0.6) is 0 Å². The second-order valence-electron chi connectivity index (χ2n) is 6.84. The standard InChI is InChI=1S/C19H20N2O4S/c1-11(22)12-2-4-13(5-3-12)18-15-8-9-25-19(15)16-10-14(26(20,23)24)6-7-17(16)21-18/h2-7,10,15,18-19,21H,8-9H2,1H3,(H2,20,23,24). The Bertz CT molecular complexity index is 970. The van der Waals surface area contributed by atoms with Crippen molar-refractivity contribution in [2.75, 3.05) is 11.9 Å². The zero-order valence-electron chi connectivity index (χ0n) is 14.3. The van der Waals surface area contributed by atoms with E-state index in [1.807, 2.05) is 24.3 Å². The quantitative estimate of drug-likeness (QED) is 0.807. The third kappa shape index (κ3) is 2.92. The minimum absolute atomic E-state index is 0.0381. The van der Waals surface area contributed by atoms with Crippen LogP contribution in [0.15, 0.2) is 47.4 Å². The van der Waals surface area contributed by atoms with Crippen LogP contribution in [0.1, 0.15) is 47.0 Å². The average Bonchev–Trinajstić information content (AvgIpc) is 3.10. The number of ketones is 1. The number of benzene rings is 2. The predicted molar refractivity (Wildman–Crippen MR) is 97.4 cm³/mol. The lowest BCUT2D eigenvalue weighted by Crippen LogP contribution is -2.29. The Labute approximate surface area is 152 Å². The number of hydrogen-bond acceptors (Lipinski definition) is 5. The zero-order valence-corrected chi connectivity index (χ0v) is 15.1. The second-order valence-corrected chi connectivity index (χ2v) is 8.40. The number of nitrogens with two attached hydrogens (primary N) is 1. The van der Waals surface area contributed by atoms with Gasteiger partial charge in [0.05, 0.1) is 17.0 Å². The summed E-state index contributed by atoms with van der Waals surface area (Å²) >= 11 is 0. The van der Waals surface area contributed by atoms with E-state index in [0.717, 1.165) is 23.2 Å². The van der Waals surface area contributed by atoms with E-state index in [0.29, 0.717) is 12.2 Å². The minimum Gasteiger partial charge on any atom is -0.378 e. The summed E-state index contributed by atoms with van der Waals surface area (Å²) in [5.41, 5.74) is 3.44. The number of Topliss-reactive ketones (excluding diaryl/α,β-unsaturated/α-hetero) is 1. The van der Waals surface area contributed by atoms with E-state index in [1.165, 1.54) is 6.07 Å². The van der Waals surface area contributed by atoms with Crippen molar-refractivity contribution in [3.8, 4) is 0 Å². The van der Waals surface area contributed by atoms with Crippen molar-refractivity contribution in [3.63, 3.8) is 0 Å². The third-order valence-electron chi connectivity index (χ3n) is 5.21.